The third kappa shape index (κ3) is 8.66. The van der Waals surface area contributed by atoms with Crippen molar-refractivity contribution in [2.75, 3.05) is 6.54 Å². The number of hydrogen-bond donors (Lipinski definition) is 4. The average Bonchev–Trinajstić information content (AvgIpc) is 2.55. The van der Waals surface area contributed by atoms with Crippen molar-refractivity contribution in [1.82, 2.24) is 16.2 Å². The number of amides is 3. The van der Waals surface area contributed by atoms with Crippen LogP contribution in [0, 0.1) is 0 Å². The van der Waals surface area contributed by atoms with Crippen molar-refractivity contribution < 1.29 is 24.3 Å². The van der Waals surface area contributed by atoms with Crippen molar-refractivity contribution in [3.8, 4) is 0 Å². The number of rotatable bonds is 7. The van der Waals surface area contributed by atoms with Gasteiger partial charge < -0.3 is 10.4 Å². The molecule has 0 spiro atoms. The fourth-order valence-corrected chi connectivity index (χ4v) is 1.43. The number of carboxylic acid groups (broad SMARTS) is 1. The minimum Gasteiger partial charge on any atom is -0.481 e. The molecule has 0 aliphatic carbocycles. The maximum Gasteiger partial charge on any atom is 0.303 e. The van der Waals surface area contributed by atoms with Crippen LogP contribution in [0.1, 0.15) is 18.4 Å². The van der Waals surface area contributed by atoms with Crippen molar-refractivity contribution in [3.05, 3.63) is 42.0 Å². The second kappa shape index (κ2) is 9.72. The summed E-state index contributed by atoms with van der Waals surface area (Å²) in [6.45, 7) is -0.322. The molecule has 0 aromatic heterocycles. The molecule has 3 amide bonds. The lowest BCUT2D eigenvalue weighted by Gasteiger charge is -2.06. The van der Waals surface area contributed by atoms with Gasteiger partial charge in [-0.1, -0.05) is 30.3 Å². The van der Waals surface area contributed by atoms with E-state index >= 15 is 0 Å². The van der Waals surface area contributed by atoms with Gasteiger partial charge in [0.05, 0.1) is 13.0 Å². The highest BCUT2D eigenvalue weighted by molar-refractivity contribution is 5.94. The van der Waals surface area contributed by atoms with E-state index < -0.39 is 23.7 Å². The normalized spacial score (nSPS) is 10.1. The van der Waals surface area contributed by atoms with Crippen LogP contribution >= 0.6 is 0 Å². The minimum atomic E-state index is -1.11. The molecule has 4 N–H and O–H groups in total. The number of hydrazine groups is 1. The van der Waals surface area contributed by atoms with Crippen molar-refractivity contribution in [1.29, 1.82) is 0 Å². The molecule has 1 aromatic carbocycles. The van der Waals surface area contributed by atoms with Crippen molar-refractivity contribution in [2.45, 2.75) is 12.8 Å². The summed E-state index contributed by atoms with van der Waals surface area (Å²) in [6.07, 6.45) is 2.31. The average molecular weight is 319 g/mol. The fraction of sp³-hybridized carbons (Fsp3) is 0.200. The summed E-state index contributed by atoms with van der Waals surface area (Å²) in [5.41, 5.74) is 4.96. The predicted molar refractivity (Wildman–Crippen MR) is 81.6 cm³/mol. The highest BCUT2D eigenvalue weighted by Gasteiger charge is 2.07. The zero-order valence-electron chi connectivity index (χ0n) is 12.2. The summed E-state index contributed by atoms with van der Waals surface area (Å²) in [4.78, 5) is 44.3. The molecule has 0 atom stereocenters. The molecule has 0 radical (unpaired) electrons. The van der Waals surface area contributed by atoms with Gasteiger partial charge in [0.2, 0.25) is 11.8 Å². The molecule has 0 aliphatic heterocycles. The van der Waals surface area contributed by atoms with Crippen LogP contribution in [0.15, 0.2) is 36.4 Å². The molecular formula is C15H17N3O5. The van der Waals surface area contributed by atoms with Gasteiger partial charge in [0.1, 0.15) is 0 Å². The summed E-state index contributed by atoms with van der Waals surface area (Å²) >= 11 is 0. The highest BCUT2D eigenvalue weighted by Crippen LogP contribution is 2.00. The molecule has 23 heavy (non-hydrogen) atoms. The van der Waals surface area contributed by atoms with E-state index in [1.165, 1.54) is 6.08 Å². The molecule has 8 heteroatoms. The summed E-state index contributed by atoms with van der Waals surface area (Å²) in [6, 6.07) is 9.16. The first-order valence-corrected chi connectivity index (χ1v) is 6.78. The Balaban J connectivity index is 2.22. The Bertz CT molecular complexity index is 598. The fourth-order valence-electron chi connectivity index (χ4n) is 1.43. The van der Waals surface area contributed by atoms with Gasteiger partial charge in [0.15, 0.2) is 0 Å². The zero-order valence-corrected chi connectivity index (χ0v) is 12.2. The molecule has 0 unspecified atom stereocenters. The van der Waals surface area contributed by atoms with E-state index in [4.69, 9.17) is 5.11 Å². The minimum absolute atomic E-state index is 0.248. The Morgan fingerprint density at radius 1 is 0.957 bits per heavy atom. The molecule has 0 fully saturated rings. The van der Waals surface area contributed by atoms with Gasteiger partial charge >= 0.3 is 5.97 Å². The van der Waals surface area contributed by atoms with Crippen LogP contribution in [0.4, 0.5) is 0 Å². The van der Waals surface area contributed by atoms with Gasteiger partial charge in [-0.3, -0.25) is 30.0 Å². The molecule has 122 valence electrons. The van der Waals surface area contributed by atoms with Crippen molar-refractivity contribution >= 4 is 29.8 Å². The largest absolute Gasteiger partial charge is 0.481 e. The highest BCUT2D eigenvalue weighted by atomic mass is 16.4. The molecular weight excluding hydrogens is 302 g/mol. The number of carbonyl (C=O) groups is 4. The monoisotopic (exact) mass is 319 g/mol. The molecule has 8 nitrogen and oxygen atoms in total. The van der Waals surface area contributed by atoms with E-state index in [0.29, 0.717) is 0 Å². The van der Waals surface area contributed by atoms with Crippen LogP contribution in [0.5, 0.6) is 0 Å². The third-order valence-electron chi connectivity index (χ3n) is 2.56. The number of benzene rings is 1. The first kappa shape index (κ1) is 17.9. The molecule has 0 saturated heterocycles. The molecule has 0 heterocycles. The number of carbonyl (C=O) groups excluding carboxylic acids is 3. The number of hydrogen-bond acceptors (Lipinski definition) is 4. The van der Waals surface area contributed by atoms with Gasteiger partial charge in [-0.05, 0) is 11.6 Å². The van der Waals surface area contributed by atoms with Crippen LogP contribution in [0.25, 0.3) is 6.08 Å². The van der Waals surface area contributed by atoms with Gasteiger partial charge in [0.25, 0.3) is 5.91 Å². The summed E-state index contributed by atoms with van der Waals surface area (Å²) in [5, 5.41) is 10.7. The first-order chi connectivity index (χ1) is 11.0. The van der Waals surface area contributed by atoms with E-state index in [2.05, 4.69) is 10.7 Å². The molecule has 0 aliphatic rings. The smallest absolute Gasteiger partial charge is 0.303 e. The molecule has 0 saturated carbocycles. The number of aliphatic carboxylic acids is 1. The van der Waals surface area contributed by atoms with E-state index in [1.54, 1.807) is 6.08 Å². The van der Waals surface area contributed by atoms with Gasteiger partial charge in [-0.2, -0.15) is 0 Å². The van der Waals surface area contributed by atoms with E-state index in [0.717, 1.165) is 5.56 Å². The van der Waals surface area contributed by atoms with E-state index in [9.17, 15) is 19.2 Å². The standard InChI is InChI=1S/C15H17N3O5/c19-12(7-6-11-4-2-1-3-5-11)16-10-14(21)18-17-13(20)8-9-15(22)23/h1-7H,8-10H2,(H,16,19)(H,17,20)(H,18,21)(H,22,23)/b7-6+. The Kier molecular flexibility index (Phi) is 7.56. The first-order valence-electron chi connectivity index (χ1n) is 6.78. The number of carboxylic acids is 1. The molecule has 1 aromatic rings. The maximum atomic E-state index is 11.5. The summed E-state index contributed by atoms with van der Waals surface area (Å²) < 4.78 is 0. The van der Waals surface area contributed by atoms with Gasteiger partial charge in [0, 0.05) is 12.5 Å². The summed E-state index contributed by atoms with van der Waals surface area (Å²) in [7, 11) is 0. The Labute approximate surface area is 132 Å². The summed E-state index contributed by atoms with van der Waals surface area (Å²) in [5.74, 6) is -2.82. The van der Waals surface area contributed by atoms with Gasteiger partial charge in [-0.15, -0.1) is 0 Å². The van der Waals surface area contributed by atoms with Crippen LogP contribution < -0.4 is 16.2 Å². The predicted octanol–water partition coefficient (Wildman–Crippen LogP) is -0.172. The van der Waals surface area contributed by atoms with Crippen molar-refractivity contribution in [2.24, 2.45) is 0 Å². The number of nitrogens with one attached hydrogen (secondary N) is 3. The van der Waals surface area contributed by atoms with Crippen molar-refractivity contribution in [3.63, 3.8) is 0 Å². The second-order valence-electron chi connectivity index (χ2n) is 4.45. The SMILES string of the molecule is O=C(O)CCC(=O)NNC(=O)CNC(=O)/C=C/c1ccccc1. The van der Waals surface area contributed by atoms with E-state index in [-0.39, 0.29) is 19.4 Å². The Morgan fingerprint density at radius 2 is 1.61 bits per heavy atom. The Hall–Kier alpha value is -3.16. The second-order valence-corrected chi connectivity index (χ2v) is 4.45. The molecule has 0 bridgehead atoms. The lowest BCUT2D eigenvalue weighted by atomic mass is 10.2. The van der Waals surface area contributed by atoms with Gasteiger partial charge in [-0.25, -0.2) is 0 Å². The van der Waals surface area contributed by atoms with Crippen LogP contribution in [0.3, 0.4) is 0 Å². The van der Waals surface area contributed by atoms with Crippen LogP contribution in [-0.2, 0) is 19.2 Å². The lowest BCUT2D eigenvalue weighted by Crippen LogP contribution is -2.46. The zero-order chi connectivity index (χ0) is 17.1. The van der Waals surface area contributed by atoms with Crippen LogP contribution in [0.2, 0.25) is 0 Å². The maximum absolute atomic E-state index is 11.5. The molecule has 1 rings (SSSR count). The third-order valence-corrected chi connectivity index (χ3v) is 2.56. The topological polar surface area (TPSA) is 125 Å². The lowest BCUT2D eigenvalue weighted by molar-refractivity contribution is -0.139. The Morgan fingerprint density at radius 3 is 2.26 bits per heavy atom. The van der Waals surface area contributed by atoms with Crippen LogP contribution in [-0.4, -0.2) is 35.3 Å². The van der Waals surface area contributed by atoms with E-state index in [1.807, 2.05) is 35.8 Å². The quantitative estimate of drug-likeness (QED) is 0.410.